The van der Waals surface area contributed by atoms with E-state index in [4.69, 9.17) is 0 Å². The Hall–Kier alpha value is -0.530. The summed E-state index contributed by atoms with van der Waals surface area (Å²) in [7, 11) is 0. The van der Waals surface area contributed by atoms with Crippen LogP contribution in [0, 0.1) is 5.41 Å². The Labute approximate surface area is 93.0 Å². The van der Waals surface area contributed by atoms with Gasteiger partial charge in [-0.05, 0) is 37.5 Å². The normalized spacial score (nSPS) is 26.3. The van der Waals surface area contributed by atoms with Gasteiger partial charge in [0, 0.05) is 20.0 Å². The van der Waals surface area contributed by atoms with E-state index in [-0.39, 0.29) is 5.91 Å². The second-order valence-corrected chi connectivity index (χ2v) is 5.42. The first-order chi connectivity index (χ1) is 7.22. The number of carbonyl (C=O) groups excluding carboxylic acids is 1. The van der Waals surface area contributed by atoms with Gasteiger partial charge in [0.25, 0.3) is 0 Å². The van der Waals surface area contributed by atoms with Gasteiger partial charge in [0.15, 0.2) is 0 Å². The first-order valence-corrected chi connectivity index (χ1v) is 6.47. The minimum absolute atomic E-state index is 0.267. The SMILES string of the molecule is CC(=O)N1CCCC2(CCCCC2)CC1. The Kier molecular flexibility index (Phi) is 3.32. The second kappa shape index (κ2) is 4.54. The van der Waals surface area contributed by atoms with Crippen molar-refractivity contribution in [1.29, 1.82) is 0 Å². The number of nitrogens with zero attached hydrogens (tertiary/aromatic N) is 1. The van der Waals surface area contributed by atoms with E-state index in [1.165, 1.54) is 51.4 Å². The number of hydrogen-bond donors (Lipinski definition) is 0. The average molecular weight is 209 g/mol. The van der Waals surface area contributed by atoms with Crippen molar-refractivity contribution in [3.63, 3.8) is 0 Å². The Morgan fingerprint density at radius 3 is 2.27 bits per heavy atom. The molecule has 0 atom stereocenters. The summed E-state index contributed by atoms with van der Waals surface area (Å²) in [5.74, 6) is 0.267. The first kappa shape index (κ1) is 11.0. The lowest BCUT2D eigenvalue weighted by atomic mass is 9.69. The smallest absolute Gasteiger partial charge is 0.219 e. The van der Waals surface area contributed by atoms with Crippen molar-refractivity contribution >= 4 is 5.91 Å². The van der Waals surface area contributed by atoms with Crippen LogP contribution in [-0.2, 0) is 4.79 Å². The first-order valence-electron chi connectivity index (χ1n) is 6.47. The maximum Gasteiger partial charge on any atom is 0.219 e. The molecule has 15 heavy (non-hydrogen) atoms. The summed E-state index contributed by atoms with van der Waals surface area (Å²) in [5.41, 5.74) is 0.614. The van der Waals surface area contributed by atoms with Crippen LogP contribution in [0.15, 0.2) is 0 Å². The van der Waals surface area contributed by atoms with Crippen LogP contribution >= 0.6 is 0 Å². The lowest BCUT2D eigenvalue weighted by Gasteiger charge is -2.36. The van der Waals surface area contributed by atoms with E-state index in [0.717, 1.165) is 13.1 Å². The fraction of sp³-hybridized carbons (Fsp3) is 0.923. The molecule has 1 spiro atoms. The predicted molar refractivity (Wildman–Crippen MR) is 61.6 cm³/mol. The molecule has 0 N–H and O–H groups in total. The number of hydrogen-bond acceptors (Lipinski definition) is 1. The highest BCUT2D eigenvalue weighted by atomic mass is 16.2. The van der Waals surface area contributed by atoms with Gasteiger partial charge in [-0.2, -0.15) is 0 Å². The van der Waals surface area contributed by atoms with Crippen LogP contribution in [0.4, 0.5) is 0 Å². The van der Waals surface area contributed by atoms with E-state index in [9.17, 15) is 4.79 Å². The molecule has 2 fully saturated rings. The summed E-state index contributed by atoms with van der Waals surface area (Å²) in [6.45, 7) is 3.71. The minimum Gasteiger partial charge on any atom is -0.343 e. The van der Waals surface area contributed by atoms with E-state index < -0.39 is 0 Å². The molecule has 1 saturated carbocycles. The van der Waals surface area contributed by atoms with Crippen LogP contribution in [0.2, 0.25) is 0 Å². The average Bonchev–Trinajstić information content (AvgIpc) is 2.43. The number of rotatable bonds is 0. The van der Waals surface area contributed by atoms with Gasteiger partial charge in [0.1, 0.15) is 0 Å². The van der Waals surface area contributed by atoms with Gasteiger partial charge in [0.2, 0.25) is 5.91 Å². The zero-order valence-electron chi connectivity index (χ0n) is 9.93. The Morgan fingerprint density at radius 2 is 1.60 bits per heavy atom. The molecule has 1 amide bonds. The summed E-state index contributed by atoms with van der Waals surface area (Å²) >= 11 is 0. The van der Waals surface area contributed by atoms with Crippen LogP contribution in [0.5, 0.6) is 0 Å². The summed E-state index contributed by atoms with van der Waals surface area (Å²) in [6.07, 6.45) is 10.9. The lowest BCUT2D eigenvalue weighted by Crippen LogP contribution is -2.31. The quantitative estimate of drug-likeness (QED) is 0.600. The van der Waals surface area contributed by atoms with Crippen molar-refractivity contribution in [2.24, 2.45) is 5.41 Å². The van der Waals surface area contributed by atoms with Gasteiger partial charge < -0.3 is 4.90 Å². The van der Waals surface area contributed by atoms with E-state index in [2.05, 4.69) is 0 Å². The highest BCUT2D eigenvalue weighted by Crippen LogP contribution is 2.44. The topological polar surface area (TPSA) is 20.3 Å². The predicted octanol–water partition coefficient (Wildman–Crippen LogP) is 2.97. The second-order valence-electron chi connectivity index (χ2n) is 5.42. The van der Waals surface area contributed by atoms with Crippen molar-refractivity contribution < 1.29 is 4.79 Å². The molecular formula is C13H23NO. The van der Waals surface area contributed by atoms with Crippen molar-refractivity contribution in [3.05, 3.63) is 0 Å². The summed E-state index contributed by atoms with van der Waals surface area (Å²) in [5, 5.41) is 0. The molecule has 0 radical (unpaired) electrons. The van der Waals surface area contributed by atoms with Gasteiger partial charge in [-0.1, -0.05) is 19.3 Å². The molecule has 0 unspecified atom stereocenters. The van der Waals surface area contributed by atoms with Gasteiger partial charge in [-0.15, -0.1) is 0 Å². The molecule has 1 saturated heterocycles. The van der Waals surface area contributed by atoms with Gasteiger partial charge in [-0.3, -0.25) is 4.79 Å². The van der Waals surface area contributed by atoms with Gasteiger partial charge in [-0.25, -0.2) is 0 Å². The largest absolute Gasteiger partial charge is 0.343 e. The van der Waals surface area contributed by atoms with E-state index in [1.54, 1.807) is 6.92 Å². The fourth-order valence-electron chi connectivity index (χ4n) is 3.37. The van der Waals surface area contributed by atoms with Gasteiger partial charge in [0.05, 0.1) is 0 Å². The molecule has 0 aromatic carbocycles. The Bertz CT molecular complexity index is 231. The molecule has 1 aliphatic heterocycles. The molecule has 2 aliphatic rings. The maximum atomic E-state index is 11.3. The van der Waals surface area contributed by atoms with E-state index in [1.807, 2.05) is 4.90 Å². The van der Waals surface area contributed by atoms with Crippen molar-refractivity contribution in [2.45, 2.75) is 58.3 Å². The summed E-state index contributed by atoms with van der Waals surface area (Å²) in [4.78, 5) is 13.4. The highest BCUT2D eigenvalue weighted by Gasteiger charge is 2.33. The molecule has 0 bridgehead atoms. The zero-order valence-corrected chi connectivity index (χ0v) is 9.93. The maximum absolute atomic E-state index is 11.3. The standard InChI is InChI=1S/C13H23NO/c1-12(15)14-10-5-8-13(9-11-14)6-3-2-4-7-13/h2-11H2,1H3. The molecule has 1 aliphatic carbocycles. The van der Waals surface area contributed by atoms with E-state index in [0.29, 0.717) is 5.41 Å². The Balaban J connectivity index is 1.96. The Morgan fingerprint density at radius 1 is 0.933 bits per heavy atom. The number of carbonyl (C=O) groups is 1. The van der Waals surface area contributed by atoms with Crippen molar-refractivity contribution in [1.82, 2.24) is 4.90 Å². The molecular weight excluding hydrogens is 186 g/mol. The molecule has 2 nitrogen and oxygen atoms in total. The summed E-state index contributed by atoms with van der Waals surface area (Å²) in [6, 6.07) is 0. The molecule has 2 rings (SSSR count). The molecule has 2 heteroatoms. The number of likely N-dealkylation sites (tertiary alicyclic amines) is 1. The third-order valence-corrected chi connectivity index (χ3v) is 4.41. The van der Waals surface area contributed by atoms with Crippen LogP contribution in [0.25, 0.3) is 0 Å². The third kappa shape index (κ3) is 2.53. The van der Waals surface area contributed by atoms with Gasteiger partial charge >= 0.3 is 0 Å². The highest BCUT2D eigenvalue weighted by molar-refractivity contribution is 5.73. The molecule has 86 valence electrons. The van der Waals surface area contributed by atoms with Crippen molar-refractivity contribution in [2.75, 3.05) is 13.1 Å². The van der Waals surface area contributed by atoms with Crippen LogP contribution in [-0.4, -0.2) is 23.9 Å². The van der Waals surface area contributed by atoms with Crippen LogP contribution in [0.3, 0.4) is 0 Å². The minimum atomic E-state index is 0.267. The van der Waals surface area contributed by atoms with Crippen molar-refractivity contribution in [3.8, 4) is 0 Å². The monoisotopic (exact) mass is 209 g/mol. The zero-order chi connectivity index (χ0) is 10.7. The van der Waals surface area contributed by atoms with Crippen LogP contribution in [0.1, 0.15) is 58.3 Å². The van der Waals surface area contributed by atoms with E-state index >= 15 is 0 Å². The summed E-state index contributed by atoms with van der Waals surface area (Å²) < 4.78 is 0. The fourth-order valence-corrected chi connectivity index (χ4v) is 3.37. The number of amides is 1. The lowest BCUT2D eigenvalue weighted by molar-refractivity contribution is -0.128. The van der Waals surface area contributed by atoms with Crippen LogP contribution < -0.4 is 0 Å². The molecule has 0 aromatic rings. The molecule has 1 heterocycles. The molecule has 0 aromatic heterocycles. The third-order valence-electron chi connectivity index (χ3n) is 4.41.